The summed E-state index contributed by atoms with van der Waals surface area (Å²) in [6, 6.07) is 8.92. The number of fused-ring (bicyclic) bond motifs is 5. The van der Waals surface area contributed by atoms with E-state index in [1.165, 1.54) is 0 Å². The number of aromatic amines is 1. The van der Waals surface area contributed by atoms with E-state index in [4.69, 9.17) is 5.73 Å². The lowest BCUT2D eigenvalue weighted by molar-refractivity contribution is 1.12. The molecule has 19 heavy (non-hydrogen) atoms. The molecule has 0 bridgehead atoms. The van der Waals surface area contributed by atoms with E-state index in [0.717, 1.165) is 11.0 Å². The molecule has 4 aromatic rings. The number of nitrogens with zero attached hydrogens (tertiary/aromatic N) is 3. The van der Waals surface area contributed by atoms with Crippen LogP contribution in [0.2, 0.25) is 0 Å². The fraction of sp³-hybridized carbons (Fsp3) is 0. The normalized spacial score (nSPS) is 11.6. The summed E-state index contributed by atoms with van der Waals surface area (Å²) in [4.78, 5) is 23.4. The molecule has 0 saturated carbocycles. The topological polar surface area (TPSA) is 89.1 Å². The highest BCUT2D eigenvalue weighted by atomic mass is 16.1. The molecule has 6 nitrogen and oxygen atoms in total. The quantitative estimate of drug-likeness (QED) is 0.461. The number of nitrogens with two attached hydrogens (primary N) is 1. The summed E-state index contributed by atoms with van der Waals surface area (Å²) >= 11 is 0. The second-order valence-corrected chi connectivity index (χ2v) is 4.35. The monoisotopic (exact) mass is 251 g/mol. The Morgan fingerprint density at radius 2 is 2.16 bits per heavy atom. The van der Waals surface area contributed by atoms with Crippen LogP contribution in [0.25, 0.3) is 27.8 Å². The lowest BCUT2D eigenvalue weighted by atomic mass is 10.3. The lowest BCUT2D eigenvalue weighted by Gasteiger charge is -2.00. The van der Waals surface area contributed by atoms with Crippen molar-refractivity contribution in [2.45, 2.75) is 0 Å². The highest BCUT2D eigenvalue weighted by Crippen LogP contribution is 2.20. The van der Waals surface area contributed by atoms with Gasteiger partial charge in [-0.05, 0) is 30.3 Å². The minimum absolute atomic E-state index is 0.195. The number of hydrogen-bond donors (Lipinski definition) is 2. The maximum atomic E-state index is 12.0. The number of hydrogen-bond acceptors (Lipinski definition) is 4. The minimum atomic E-state index is -0.195. The number of nitrogens with one attached hydrogen (secondary N) is 1. The van der Waals surface area contributed by atoms with Crippen molar-refractivity contribution in [1.29, 1.82) is 0 Å². The molecule has 0 aliphatic heterocycles. The van der Waals surface area contributed by atoms with Crippen molar-refractivity contribution in [2.24, 2.45) is 0 Å². The third-order valence-corrected chi connectivity index (χ3v) is 3.15. The van der Waals surface area contributed by atoms with E-state index in [1.54, 1.807) is 30.5 Å². The molecule has 0 aliphatic carbocycles. The Morgan fingerprint density at radius 1 is 1.26 bits per heavy atom. The standard InChI is InChI=1S/C13H9N5O/c14-7-3-4-10-9(6-7)16-13-17-12(19)8-2-1-5-15-11(8)18(10)13/h1-6H,14H2,(H,16,17,19). The van der Waals surface area contributed by atoms with Gasteiger partial charge in [0.25, 0.3) is 5.56 Å². The number of aromatic nitrogens is 4. The number of pyridine rings is 1. The van der Waals surface area contributed by atoms with Crippen LogP contribution in [0.5, 0.6) is 0 Å². The fourth-order valence-electron chi connectivity index (χ4n) is 2.32. The largest absolute Gasteiger partial charge is 0.399 e. The van der Waals surface area contributed by atoms with Gasteiger partial charge in [-0.25, -0.2) is 9.97 Å². The third kappa shape index (κ3) is 1.28. The highest BCUT2D eigenvalue weighted by molar-refractivity contribution is 5.88. The SMILES string of the molecule is Nc1ccc2c(c1)nc1[nH]c(=O)c3cccnc3n12. The van der Waals surface area contributed by atoms with Crippen LogP contribution < -0.4 is 11.3 Å². The molecule has 4 rings (SSSR count). The molecule has 0 radical (unpaired) electrons. The smallest absolute Gasteiger partial charge is 0.261 e. The lowest BCUT2D eigenvalue weighted by Crippen LogP contribution is -2.10. The van der Waals surface area contributed by atoms with Gasteiger partial charge in [0.1, 0.15) is 0 Å². The van der Waals surface area contributed by atoms with E-state index >= 15 is 0 Å². The van der Waals surface area contributed by atoms with E-state index in [2.05, 4.69) is 15.0 Å². The molecule has 0 amide bonds. The zero-order valence-corrected chi connectivity index (χ0v) is 9.79. The minimum Gasteiger partial charge on any atom is -0.399 e. The Hall–Kier alpha value is -2.89. The van der Waals surface area contributed by atoms with Gasteiger partial charge in [0.2, 0.25) is 5.78 Å². The van der Waals surface area contributed by atoms with E-state index in [-0.39, 0.29) is 5.56 Å². The maximum absolute atomic E-state index is 12.0. The number of imidazole rings is 1. The van der Waals surface area contributed by atoms with Crippen molar-refractivity contribution in [3.8, 4) is 0 Å². The molecular weight excluding hydrogens is 242 g/mol. The second-order valence-electron chi connectivity index (χ2n) is 4.35. The van der Waals surface area contributed by atoms with Gasteiger partial charge >= 0.3 is 0 Å². The fourth-order valence-corrected chi connectivity index (χ4v) is 2.32. The first-order valence-corrected chi connectivity index (χ1v) is 5.79. The maximum Gasteiger partial charge on any atom is 0.261 e. The molecule has 3 heterocycles. The number of anilines is 1. The van der Waals surface area contributed by atoms with Crippen molar-refractivity contribution in [1.82, 2.24) is 19.4 Å². The molecule has 3 N–H and O–H groups in total. The molecule has 0 spiro atoms. The molecule has 1 aromatic carbocycles. The van der Waals surface area contributed by atoms with E-state index < -0.39 is 0 Å². The molecule has 0 saturated heterocycles. The van der Waals surface area contributed by atoms with E-state index in [0.29, 0.717) is 22.5 Å². The molecule has 0 atom stereocenters. The molecule has 92 valence electrons. The van der Waals surface area contributed by atoms with Crippen molar-refractivity contribution in [3.05, 3.63) is 46.9 Å². The number of rotatable bonds is 0. The second kappa shape index (κ2) is 3.32. The van der Waals surface area contributed by atoms with Crippen molar-refractivity contribution >= 4 is 33.5 Å². The highest BCUT2D eigenvalue weighted by Gasteiger charge is 2.11. The van der Waals surface area contributed by atoms with Gasteiger partial charge in [0, 0.05) is 11.9 Å². The van der Waals surface area contributed by atoms with Crippen LogP contribution >= 0.6 is 0 Å². The number of H-pyrrole nitrogens is 1. The summed E-state index contributed by atoms with van der Waals surface area (Å²) in [5, 5.41) is 0.533. The predicted molar refractivity (Wildman–Crippen MR) is 73.0 cm³/mol. The Bertz CT molecular complexity index is 998. The summed E-state index contributed by atoms with van der Waals surface area (Å²) in [7, 11) is 0. The van der Waals surface area contributed by atoms with Gasteiger partial charge in [-0.3, -0.25) is 14.2 Å². The first-order chi connectivity index (χ1) is 9.24. The molecule has 0 aliphatic rings. The van der Waals surface area contributed by atoms with Crippen LogP contribution in [0.3, 0.4) is 0 Å². The summed E-state index contributed by atoms with van der Waals surface area (Å²) in [5.41, 5.74) is 8.38. The zero-order valence-electron chi connectivity index (χ0n) is 9.79. The molecule has 3 aromatic heterocycles. The first-order valence-electron chi connectivity index (χ1n) is 5.79. The van der Waals surface area contributed by atoms with Crippen LogP contribution in [0.15, 0.2) is 41.3 Å². The summed E-state index contributed by atoms with van der Waals surface area (Å²) in [5.74, 6) is 0.469. The number of benzene rings is 1. The zero-order chi connectivity index (χ0) is 13.0. The van der Waals surface area contributed by atoms with Crippen molar-refractivity contribution in [2.75, 3.05) is 5.73 Å². The Balaban J connectivity index is 2.38. The van der Waals surface area contributed by atoms with Crippen LogP contribution in [0.4, 0.5) is 5.69 Å². The molecule has 6 heteroatoms. The Labute approximate surface area is 106 Å². The number of nitrogen functional groups attached to an aromatic ring is 1. The molecular formula is C13H9N5O. The van der Waals surface area contributed by atoms with Gasteiger partial charge in [0.05, 0.1) is 16.4 Å². The van der Waals surface area contributed by atoms with Gasteiger partial charge < -0.3 is 5.73 Å². The first kappa shape index (κ1) is 10.1. The molecule has 0 fully saturated rings. The third-order valence-electron chi connectivity index (χ3n) is 3.15. The van der Waals surface area contributed by atoms with Gasteiger partial charge in [-0.2, -0.15) is 0 Å². The van der Waals surface area contributed by atoms with Crippen molar-refractivity contribution in [3.63, 3.8) is 0 Å². The molecule has 0 unspecified atom stereocenters. The van der Waals surface area contributed by atoms with Crippen molar-refractivity contribution < 1.29 is 0 Å². The average molecular weight is 251 g/mol. The van der Waals surface area contributed by atoms with Gasteiger partial charge in [-0.15, -0.1) is 0 Å². The van der Waals surface area contributed by atoms with Crippen LogP contribution in [-0.2, 0) is 0 Å². The van der Waals surface area contributed by atoms with Crippen LogP contribution in [0.1, 0.15) is 0 Å². The van der Waals surface area contributed by atoms with E-state index in [1.807, 2.05) is 10.5 Å². The van der Waals surface area contributed by atoms with Crippen LogP contribution in [0, 0.1) is 0 Å². The van der Waals surface area contributed by atoms with E-state index in [9.17, 15) is 4.79 Å². The Morgan fingerprint density at radius 3 is 3.05 bits per heavy atom. The summed E-state index contributed by atoms with van der Waals surface area (Å²) < 4.78 is 1.82. The Kier molecular flexibility index (Phi) is 1.76. The van der Waals surface area contributed by atoms with Gasteiger partial charge in [0.15, 0.2) is 5.65 Å². The van der Waals surface area contributed by atoms with Gasteiger partial charge in [-0.1, -0.05) is 0 Å². The van der Waals surface area contributed by atoms with Crippen LogP contribution in [-0.4, -0.2) is 19.4 Å². The summed E-state index contributed by atoms with van der Waals surface area (Å²) in [6.07, 6.45) is 1.66. The average Bonchev–Trinajstić information content (AvgIpc) is 2.76. The summed E-state index contributed by atoms with van der Waals surface area (Å²) in [6.45, 7) is 0. The predicted octanol–water partition coefficient (Wildman–Crippen LogP) is 1.31.